The molecule has 1 aromatic rings. The summed E-state index contributed by atoms with van der Waals surface area (Å²) in [6, 6.07) is 1.62. The molecule has 0 bridgehead atoms. The van der Waals surface area contributed by atoms with E-state index in [0.29, 0.717) is 18.1 Å². The Bertz CT molecular complexity index is 477. The van der Waals surface area contributed by atoms with Crippen LogP contribution in [0.25, 0.3) is 0 Å². The quantitative estimate of drug-likeness (QED) is 0.861. The molecule has 0 fully saturated rings. The number of carbonyl (C=O) groups excluding carboxylic acids is 1. The molecule has 4 heteroatoms. The number of Topliss-reactive ketones (excluding diaryl/α,β-unsaturated/α-hetero) is 1. The van der Waals surface area contributed by atoms with Crippen molar-refractivity contribution >= 4 is 5.78 Å². The Morgan fingerprint density at radius 3 is 3.06 bits per heavy atom. The number of aromatic amines is 1. The summed E-state index contributed by atoms with van der Waals surface area (Å²) in [6.45, 7) is 3.87. The molecule has 0 saturated carbocycles. The average Bonchev–Trinajstić information content (AvgIpc) is 2.28. The van der Waals surface area contributed by atoms with Crippen LogP contribution in [-0.4, -0.2) is 16.0 Å². The van der Waals surface area contributed by atoms with Crippen LogP contribution in [0.1, 0.15) is 37.9 Å². The summed E-state index contributed by atoms with van der Waals surface area (Å²) in [5.41, 5.74) is 1.85. The summed E-state index contributed by atoms with van der Waals surface area (Å²) < 4.78 is 0. The molecule has 0 aromatic carbocycles. The Balaban J connectivity index is 2.08. The molecule has 1 atom stereocenters. The van der Waals surface area contributed by atoms with Crippen molar-refractivity contribution in [3.8, 4) is 0 Å². The maximum Gasteiger partial charge on any atom is 0.264 e. The molecule has 92 valence electrons. The van der Waals surface area contributed by atoms with Crippen LogP contribution in [0.5, 0.6) is 0 Å². The minimum atomic E-state index is -0.153. The molecular weight excluding hydrogens is 216 g/mol. The first-order valence-corrected chi connectivity index (χ1v) is 6.16. The molecule has 1 aliphatic rings. The van der Waals surface area contributed by atoms with E-state index in [1.807, 2.05) is 13.8 Å². The molecule has 0 spiro atoms. The highest BCUT2D eigenvalue weighted by Crippen LogP contribution is 2.26. The van der Waals surface area contributed by atoms with Gasteiger partial charge in [-0.2, -0.15) is 5.10 Å². The first-order valence-electron chi connectivity index (χ1n) is 6.16. The van der Waals surface area contributed by atoms with Crippen LogP contribution >= 0.6 is 0 Å². The van der Waals surface area contributed by atoms with E-state index in [9.17, 15) is 9.59 Å². The van der Waals surface area contributed by atoms with Gasteiger partial charge in [0, 0.05) is 18.4 Å². The molecule has 4 nitrogen and oxygen atoms in total. The first kappa shape index (κ1) is 12.0. The van der Waals surface area contributed by atoms with E-state index in [0.717, 1.165) is 30.5 Å². The highest BCUT2D eigenvalue weighted by Gasteiger charge is 2.23. The highest BCUT2D eigenvalue weighted by molar-refractivity contribution is 5.80. The van der Waals surface area contributed by atoms with Crippen molar-refractivity contribution < 1.29 is 4.79 Å². The molecule has 1 N–H and O–H groups in total. The predicted octanol–water partition coefficient (Wildman–Crippen LogP) is 1.49. The monoisotopic (exact) mass is 234 g/mol. The third kappa shape index (κ3) is 2.81. The van der Waals surface area contributed by atoms with E-state index in [4.69, 9.17) is 0 Å². The van der Waals surface area contributed by atoms with Gasteiger partial charge in [-0.3, -0.25) is 9.59 Å². The molecular formula is C13H18N2O2. The Morgan fingerprint density at radius 2 is 2.35 bits per heavy atom. The van der Waals surface area contributed by atoms with Crippen molar-refractivity contribution in [1.82, 2.24) is 10.2 Å². The third-order valence-electron chi connectivity index (χ3n) is 3.41. The van der Waals surface area contributed by atoms with Crippen LogP contribution in [0.2, 0.25) is 0 Å². The molecule has 17 heavy (non-hydrogen) atoms. The number of aromatic nitrogens is 2. The maximum absolute atomic E-state index is 11.7. The summed E-state index contributed by atoms with van der Waals surface area (Å²) in [5, 5.41) is 6.51. The minimum Gasteiger partial charge on any atom is -0.299 e. The Hall–Kier alpha value is -1.45. The fourth-order valence-electron chi connectivity index (χ4n) is 2.31. The van der Waals surface area contributed by atoms with E-state index in [-0.39, 0.29) is 11.5 Å². The number of carbonyl (C=O) groups is 1. The summed E-state index contributed by atoms with van der Waals surface area (Å²) >= 11 is 0. The van der Waals surface area contributed by atoms with Gasteiger partial charge in [-0.1, -0.05) is 13.8 Å². The van der Waals surface area contributed by atoms with Crippen molar-refractivity contribution in [2.24, 2.45) is 11.8 Å². The van der Waals surface area contributed by atoms with Gasteiger partial charge in [0.15, 0.2) is 0 Å². The van der Waals surface area contributed by atoms with Crippen LogP contribution in [-0.2, 0) is 17.6 Å². The average molecular weight is 234 g/mol. The van der Waals surface area contributed by atoms with Gasteiger partial charge in [-0.25, -0.2) is 5.10 Å². The van der Waals surface area contributed by atoms with Crippen LogP contribution in [0.4, 0.5) is 0 Å². The lowest BCUT2D eigenvalue weighted by Gasteiger charge is -2.23. The number of nitrogens with zero attached hydrogens (tertiary/aromatic N) is 1. The van der Waals surface area contributed by atoms with Crippen LogP contribution in [0.15, 0.2) is 10.9 Å². The molecule has 0 aliphatic heterocycles. The zero-order chi connectivity index (χ0) is 12.4. The number of H-pyrrole nitrogens is 1. The van der Waals surface area contributed by atoms with Gasteiger partial charge in [0.25, 0.3) is 5.56 Å². The molecule has 1 unspecified atom stereocenters. The third-order valence-corrected chi connectivity index (χ3v) is 3.41. The number of hydrogen-bond donors (Lipinski definition) is 1. The van der Waals surface area contributed by atoms with E-state index < -0.39 is 0 Å². The van der Waals surface area contributed by atoms with Gasteiger partial charge in [-0.15, -0.1) is 0 Å². The zero-order valence-electron chi connectivity index (χ0n) is 10.3. The number of aryl methyl sites for hydroxylation is 1. The number of rotatable bonds is 3. The Labute approximate surface area is 100 Å². The van der Waals surface area contributed by atoms with E-state index in [1.54, 1.807) is 6.07 Å². The summed E-state index contributed by atoms with van der Waals surface area (Å²) in [5.74, 6) is 0.797. The Kier molecular flexibility index (Phi) is 3.41. The lowest BCUT2D eigenvalue weighted by atomic mass is 9.82. The lowest BCUT2D eigenvalue weighted by molar-refractivity contribution is -0.122. The van der Waals surface area contributed by atoms with E-state index >= 15 is 0 Å². The van der Waals surface area contributed by atoms with Gasteiger partial charge in [0.2, 0.25) is 0 Å². The van der Waals surface area contributed by atoms with Gasteiger partial charge >= 0.3 is 0 Å². The Morgan fingerprint density at radius 1 is 1.59 bits per heavy atom. The summed E-state index contributed by atoms with van der Waals surface area (Å²) in [4.78, 5) is 22.9. The second kappa shape index (κ2) is 4.82. The molecule has 1 heterocycles. The van der Waals surface area contributed by atoms with Gasteiger partial charge in [-0.05, 0) is 30.7 Å². The standard InChI is InChI=1S/C13H18N2O2/c1-8(2)12(16)6-9-3-4-11-10(5-9)7-13(17)15-14-11/h7-9H,3-6H2,1-2H3,(H,15,17). The number of nitrogens with one attached hydrogen (secondary N) is 1. The normalized spacial score (nSPS) is 19.1. The first-order chi connectivity index (χ1) is 8.06. The number of hydrogen-bond acceptors (Lipinski definition) is 3. The van der Waals surface area contributed by atoms with Gasteiger partial charge < -0.3 is 0 Å². The highest BCUT2D eigenvalue weighted by atomic mass is 16.1. The van der Waals surface area contributed by atoms with Crippen molar-refractivity contribution in [3.05, 3.63) is 27.7 Å². The van der Waals surface area contributed by atoms with Crippen molar-refractivity contribution in [3.63, 3.8) is 0 Å². The van der Waals surface area contributed by atoms with Crippen LogP contribution < -0.4 is 5.56 Å². The second-order valence-electron chi connectivity index (χ2n) is 5.14. The zero-order valence-corrected chi connectivity index (χ0v) is 10.3. The van der Waals surface area contributed by atoms with Gasteiger partial charge in [0.05, 0.1) is 5.69 Å². The predicted molar refractivity (Wildman–Crippen MR) is 64.8 cm³/mol. The molecule has 0 saturated heterocycles. The smallest absolute Gasteiger partial charge is 0.264 e. The van der Waals surface area contributed by atoms with E-state index in [2.05, 4.69) is 10.2 Å². The SMILES string of the molecule is CC(C)C(=O)CC1CCc2n[nH]c(=O)cc2C1. The van der Waals surface area contributed by atoms with Crippen molar-refractivity contribution in [2.45, 2.75) is 39.5 Å². The fourth-order valence-corrected chi connectivity index (χ4v) is 2.31. The summed E-state index contributed by atoms with van der Waals surface area (Å²) in [6.07, 6.45) is 3.29. The maximum atomic E-state index is 11.7. The molecule has 0 amide bonds. The van der Waals surface area contributed by atoms with Gasteiger partial charge in [0.1, 0.15) is 5.78 Å². The molecule has 1 aromatic heterocycles. The van der Waals surface area contributed by atoms with Crippen molar-refractivity contribution in [1.29, 1.82) is 0 Å². The number of fused-ring (bicyclic) bond motifs is 1. The minimum absolute atomic E-state index is 0.105. The van der Waals surface area contributed by atoms with Crippen molar-refractivity contribution in [2.75, 3.05) is 0 Å². The van der Waals surface area contributed by atoms with Crippen LogP contribution in [0.3, 0.4) is 0 Å². The lowest BCUT2D eigenvalue weighted by Crippen LogP contribution is -2.23. The molecule has 0 radical (unpaired) electrons. The molecule has 1 aliphatic carbocycles. The fraction of sp³-hybridized carbons (Fsp3) is 0.615. The largest absolute Gasteiger partial charge is 0.299 e. The number of ketones is 1. The summed E-state index contributed by atoms with van der Waals surface area (Å²) in [7, 11) is 0. The topological polar surface area (TPSA) is 62.8 Å². The second-order valence-corrected chi connectivity index (χ2v) is 5.14. The van der Waals surface area contributed by atoms with Crippen LogP contribution in [0, 0.1) is 11.8 Å². The molecule has 2 rings (SSSR count). The van der Waals surface area contributed by atoms with E-state index in [1.165, 1.54) is 0 Å².